The Balaban J connectivity index is 2.97. The van der Waals surface area contributed by atoms with Crippen LogP contribution in [0.25, 0.3) is 0 Å². The highest BCUT2D eigenvalue weighted by molar-refractivity contribution is 4.50. The van der Waals surface area contributed by atoms with Gasteiger partial charge in [0.2, 0.25) is 0 Å². The molecule has 0 fully saturated rings. The van der Waals surface area contributed by atoms with Crippen molar-refractivity contribution in [2.75, 3.05) is 33.9 Å². The minimum atomic E-state index is 0.278. The molecule has 0 aromatic carbocycles. The van der Waals surface area contributed by atoms with Crippen LogP contribution in [0, 0.1) is 0 Å². The molecule has 0 rings (SSSR count). The summed E-state index contributed by atoms with van der Waals surface area (Å²) in [6, 6.07) is 0. The summed E-state index contributed by atoms with van der Waals surface area (Å²) in [4.78, 5) is 0. The first-order chi connectivity index (χ1) is 4.81. The van der Waals surface area contributed by atoms with Crippen molar-refractivity contribution in [1.82, 2.24) is 5.32 Å². The maximum Gasteiger partial charge on any atom is 0.0704 e. The topological polar surface area (TPSA) is 30.5 Å². The van der Waals surface area contributed by atoms with Crippen LogP contribution < -0.4 is 5.32 Å². The molecule has 3 heteroatoms. The van der Waals surface area contributed by atoms with Gasteiger partial charge in [0.15, 0.2) is 0 Å². The SMILES string of the molecule is CNCC(C)OCCOC. The fourth-order valence-corrected chi connectivity index (χ4v) is 0.679. The fraction of sp³-hybridized carbons (Fsp3) is 1.00. The lowest BCUT2D eigenvalue weighted by Crippen LogP contribution is -2.24. The molecule has 0 amide bonds. The van der Waals surface area contributed by atoms with Crippen LogP contribution in [0.2, 0.25) is 0 Å². The monoisotopic (exact) mass is 147 g/mol. The lowest BCUT2D eigenvalue weighted by Gasteiger charge is -2.11. The van der Waals surface area contributed by atoms with E-state index < -0.39 is 0 Å². The molecule has 1 atom stereocenters. The third-order valence-corrected chi connectivity index (χ3v) is 1.18. The summed E-state index contributed by atoms with van der Waals surface area (Å²) in [5.41, 5.74) is 0. The van der Waals surface area contributed by atoms with E-state index in [2.05, 4.69) is 5.32 Å². The third-order valence-electron chi connectivity index (χ3n) is 1.18. The average molecular weight is 147 g/mol. The highest BCUT2D eigenvalue weighted by atomic mass is 16.5. The predicted octanol–water partition coefficient (Wildman–Crippen LogP) is 0.257. The second-order valence-corrected chi connectivity index (χ2v) is 2.23. The molecule has 0 aliphatic carbocycles. The Morgan fingerprint density at radius 1 is 1.40 bits per heavy atom. The van der Waals surface area contributed by atoms with E-state index in [0.29, 0.717) is 13.2 Å². The molecule has 1 N–H and O–H groups in total. The van der Waals surface area contributed by atoms with Crippen LogP contribution in [0.5, 0.6) is 0 Å². The highest BCUT2D eigenvalue weighted by Gasteiger charge is 1.97. The third kappa shape index (κ3) is 6.01. The Labute approximate surface area is 62.7 Å². The van der Waals surface area contributed by atoms with Crippen molar-refractivity contribution in [3.63, 3.8) is 0 Å². The Bertz CT molecular complexity index is 68.6. The second-order valence-electron chi connectivity index (χ2n) is 2.23. The van der Waals surface area contributed by atoms with Crippen LogP contribution in [-0.2, 0) is 9.47 Å². The molecule has 0 radical (unpaired) electrons. The van der Waals surface area contributed by atoms with Gasteiger partial charge in [-0.25, -0.2) is 0 Å². The van der Waals surface area contributed by atoms with Crippen LogP contribution in [0.4, 0.5) is 0 Å². The fourth-order valence-electron chi connectivity index (χ4n) is 0.679. The zero-order valence-electron chi connectivity index (χ0n) is 7.02. The van der Waals surface area contributed by atoms with Crippen LogP contribution in [0.15, 0.2) is 0 Å². The Morgan fingerprint density at radius 3 is 2.60 bits per heavy atom. The van der Waals surface area contributed by atoms with E-state index in [1.165, 1.54) is 0 Å². The van der Waals surface area contributed by atoms with Crippen LogP contribution in [0.1, 0.15) is 6.92 Å². The molecule has 0 aromatic heterocycles. The van der Waals surface area contributed by atoms with E-state index in [1.54, 1.807) is 7.11 Å². The molecule has 1 unspecified atom stereocenters. The first kappa shape index (κ1) is 9.88. The molecule has 10 heavy (non-hydrogen) atoms. The van der Waals surface area contributed by atoms with Gasteiger partial charge in [0.05, 0.1) is 19.3 Å². The van der Waals surface area contributed by atoms with Crippen molar-refractivity contribution < 1.29 is 9.47 Å². The standard InChI is InChI=1S/C7H17NO2/c1-7(6-8-2)10-5-4-9-3/h7-8H,4-6H2,1-3H3. The summed E-state index contributed by atoms with van der Waals surface area (Å²) < 4.78 is 10.2. The second kappa shape index (κ2) is 6.99. The van der Waals surface area contributed by atoms with Gasteiger partial charge in [-0.2, -0.15) is 0 Å². The maximum absolute atomic E-state index is 5.34. The summed E-state index contributed by atoms with van der Waals surface area (Å²) in [6.45, 7) is 4.28. The Kier molecular flexibility index (Phi) is 6.91. The smallest absolute Gasteiger partial charge is 0.0704 e. The number of likely N-dealkylation sites (N-methyl/N-ethyl adjacent to an activating group) is 1. The van der Waals surface area contributed by atoms with Crippen molar-refractivity contribution in [1.29, 1.82) is 0 Å². The normalized spacial score (nSPS) is 13.5. The number of nitrogens with one attached hydrogen (secondary N) is 1. The summed E-state index contributed by atoms with van der Waals surface area (Å²) in [5.74, 6) is 0. The summed E-state index contributed by atoms with van der Waals surface area (Å²) >= 11 is 0. The van der Waals surface area contributed by atoms with Gasteiger partial charge in [0.25, 0.3) is 0 Å². The summed E-state index contributed by atoms with van der Waals surface area (Å²) in [5, 5.41) is 3.03. The van der Waals surface area contributed by atoms with Gasteiger partial charge in [-0.05, 0) is 14.0 Å². The zero-order valence-corrected chi connectivity index (χ0v) is 7.02. The van der Waals surface area contributed by atoms with Gasteiger partial charge in [-0.15, -0.1) is 0 Å². The summed E-state index contributed by atoms with van der Waals surface area (Å²) in [6.07, 6.45) is 0.278. The van der Waals surface area contributed by atoms with Gasteiger partial charge < -0.3 is 14.8 Å². The van der Waals surface area contributed by atoms with Crippen LogP contribution in [0.3, 0.4) is 0 Å². The molecular formula is C7H17NO2. The Morgan fingerprint density at radius 2 is 2.10 bits per heavy atom. The van der Waals surface area contributed by atoms with Gasteiger partial charge >= 0.3 is 0 Å². The van der Waals surface area contributed by atoms with Crippen molar-refractivity contribution in [3.8, 4) is 0 Å². The number of methoxy groups -OCH3 is 1. The number of hydrogen-bond donors (Lipinski definition) is 1. The maximum atomic E-state index is 5.34. The van der Waals surface area contributed by atoms with Crippen LogP contribution in [-0.4, -0.2) is 40.0 Å². The van der Waals surface area contributed by atoms with Gasteiger partial charge in [0, 0.05) is 13.7 Å². The number of ether oxygens (including phenoxy) is 2. The largest absolute Gasteiger partial charge is 0.382 e. The van der Waals surface area contributed by atoms with E-state index in [9.17, 15) is 0 Å². The molecule has 0 saturated heterocycles. The predicted molar refractivity (Wildman–Crippen MR) is 41.2 cm³/mol. The van der Waals surface area contributed by atoms with Gasteiger partial charge in [-0.1, -0.05) is 0 Å². The lowest BCUT2D eigenvalue weighted by molar-refractivity contribution is 0.0276. The minimum Gasteiger partial charge on any atom is -0.382 e. The lowest BCUT2D eigenvalue weighted by atomic mass is 10.4. The Hall–Kier alpha value is -0.120. The van der Waals surface area contributed by atoms with Crippen molar-refractivity contribution in [3.05, 3.63) is 0 Å². The van der Waals surface area contributed by atoms with Crippen LogP contribution >= 0.6 is 0 Å². The molecule has 3 nitrogen and oxygen atoms in total. The van der Waals surface area contributed by atoms with E-state index in [1.807, 2.05) is 14.0 Å². The molecule has 0 spiro atoms. The quantitative estimate of drug-likeness (QED) is 0.547. The van der Waals surface area contributed by atoms with Gasteiger partial charge in [0.1, 0.15) is 0 Å². The molecular weight excluding hydrogens is 130 g/mol. The minimum absolute atomic E-state index is 0.278. The molecule has 0 aliphatic rings. The number of hydrogen-bond acceptors (Lipinski definition) is 3. The molecule has 0 saturated carbocycles. The molecule has 0 aliphatic heterocycles. The molecule has 0 bridgehead atoms. The van der Waals surface area contributed by atoms with E-state index in [-0.39, 0.29) is 6.10 Å². The average Bonchev–Trinajstić information content (AvgIpc) is 1.89. The zero-order chi connectivity index (χ0) is 7.82. The van der Waals surface area contributed by atoms with Crippen molar-refractivity contribution in [2.24, 2.45) is 0 Å². The number of rotatable bonds is 6. The van der Waals surface area contributed by atoms with E-state index >= 15 is 0 Å². The first-order valence-electron chi connectivity index (χ1n) is 3.56. The first-order valence-corrected chi connectivity index (χ1v) is 3.56. The molecule has 0 aromatic rings. The molecule has 0 heterocycles. The van der Waals surface area contributed by atoms with Crippen molar-refractivity contribution >= 4 is 0 Å². The summed E-state index contributed by atoms with van der Waals surface area (Å²) in [7, 11) is 3.59. The molecule has 62 valence electrons. The van der Waals surface area contributed by atoms with Crippen molar-refractivity contribution in [2.45, 2.75) is 13.0 Å². The van der Waals surface area contributed by atoms with E-state index in [0.717, 1.165) is 6.54 Å². The van der Waals surface area contributed by atoms with Gasteiger partial charge in [-0.3, -0.25) is 0 Å². The highest BCUT2D eigenvalue weighted by Crippen LogP contribution is 1.86. The van der Waals surface area contributed by atoms with E-state index in [4.69, 9.17) is 9.47 Å².